The predicted molar refractivity (Wildman–Crippen MR) is 63.7 cm³/mol. The van der Waals surface area contributed by atoms with Gasteiger partial charge in [-0.1, -0.05) is 11.8 Å². The van der Waals surface area contributed by atoms with E-state index in [9.17, 15) is 20.4 Å². The van der Waals surface area contributed by atoms with Crippen LogP contribution in [0.3, 0.4) is 0 Å². The van der Waals surface area contributed by atoms with E-state index in [0.717, 1.165) is 0 Å². The van der Waals surface area contributed by atoms with Crippen LogP contribution in [-0.4, -0.2) is 20.4 Å². The summed E-state index contributed by atoms with van der Waals surface area (Å²) in [6.07, 6.45) is 0. The second kappa shape index (κ2) is 4.47. The van der Waals surface area contributed by atoms with Gasteiger partial charge in [-0.3, -0.25) is 0 Å². The number of hydrogen-bond donors (Lipinski definition) is 4. The van der Waals surface area contributed by atoms with Gasteiger partial charge in [0.1, 0.15) is 23.0 Å². The monoisotopic (exact) mass is 250 g/mol. The van der Waals surface area contributed by atoms with Gasteiger partial charge < -0.3 is 20.4 Å². The summed E-state index contributed by atoms with van der Waals surface area (Å²) in [5.74, 6) is -0.178. The molecule has 4 nitrogen and oxygen atoms in total. The summed E-state index contributed by atoms with van der Waals surface area (Å²) in [5, 5.41) is 37.2. The Balaban J connectivity index is 2.31. The zero-order valence-corrected chi connectivity index (χ0v) is 9.48. The van der Waals surface area contributed by atoms with Crippen LogP contribution in [0.1, 0.15) is 0 Å². The molecule has 4 N–H and O–H groups in total. The van der Waals surface area contributed by atoms with E-state index in [-0.39, 0.29) is 23.0 Å². The van der Waals surface area contributed by atoms with Crippen LogP contribution in [-0.2, 0) is 0 Å². The van der Waals surface area contributed by atoms with E-state index < -0.39 is 0 Å². The highest BCUT2D eigenvalue weighted by atomic mass is 32.2. The van der Waals surface area contributed by atoms with Crippen molar-refractivity contribution in [2.24, 2.45) is 0 Å². The fourth-order valence-corrected chi connectivity index (χ4v) is 2.38. The Morgan fingerprint density at radius 3 is 1.12 bits per heavy atom. The molecule has 17 heavy (non-hydrogen) atoms. The van der Waals surface area contributed by atoms with Crippen LogP contribution in [0, 0.1) is 0 Å². The molecule has 0 saturated heterocycles. The molecule has 0 fully saturated rings. The highest BCUT2D eigenvalue weighted by molar-refractivity contribution is 7.99. The molecular formula is C12H10O4S. The summed E-state index contributed by atoms with van der Waals surface area (Å²) >= 11 is 1.20. The van der Waals surface area contributed by atoms with E-state index in [1.165, 1.54) is 48.2 Å². The second-order valence-electron chi connectivity index (χ2n) is 3.47. The molecule has 2 aromatic carbocycles. The molecule has 0 radical (unpaired) electrons. The van der Waals surface area contributed by atoms with Crippen LogP contribution in [0.25, 0.3) is 0 Å². The Hall–Kier alpha value is -2.01. The lowest BCUT2D eigenvalue weighted by molar-refractivity contribution is 0.447. The Kier molecular flexibility index (Phi) is 3.01. The predicted octanol–water partition coefficient (Wildman–Crippen LogP) is 2.66. The van der Waals surface area contributed by atoms with Crippen LogP contribution in [0.2, 0.25) is 0 Å². The third kappa shape index (κ3) is 2.98. The molecule has 0 heterocycles. The Labute approximate surface area is 102 Å². The maximum atomic E-state index is 9.31. The lowest BCUT2D eigenvalue weighted by Gasteiger charge is -2.05. The number of hydrogen-bond acceptors (Lipinski definition) is 5. The van der Waals surface area contributed by atoms with Gasteiger partial charge in [-0.25, -0.2) is 0 Å². The van der Waals surface area contributed by atoms with Crippen LogP contribution in [0.5, 0.6) is 23.0 Å². The van der Waals surface area contributed by atoms with Gasteiger partial charge in [-0.15, -0.1) is 0 Å². The standard InChI is InChI=1S/C12H10O4S/c13-7-1-8(14)4-11(3-7)17-12-5-9(15)2-10(16)6-12/h1-6,13-16H. The van der Waals surface area contributed by atoms with Gasteiger partial charge in [0.2, 0.25) is 0 Å². The Bertz CT molecular complexity index is 464. The van der Waals surface area contributed by atoms with Crippen molar-refractivity contribution < 1.29 is 20.4 Å². The summed E-state index contributed by atoms with van der Waals surface area (Å²) in [6.45, 7) is 0. The topological polar surface area (TPSA) is 80.9 Å². The lowest BCUT2D eigenvalue weighted by Crippen LogP contribution is -1.76. The minimum absolute atomic E-state index is 0.0446. The molecular weight excluding hydrogens is 240 g/mol. The highest BCUT2D eigenvalue weighted by Crippen LogP contribution is 2.36. The van der Waals surface area contributed by atoms with Crippen molar-refractivity contribution in [1.82, 2.24) is 0 Å². The smallest absolute Gasteiger partial charge is 0.120 e. The summed E-state index contributed by atoms with van der Waals surface area (Å²) in [5.41, 5.74) is 0. The average Bonchev–Trinajstić information content (AvgIpc) is 2.13. The molecule has 2 rings (SSSR count). The molecule has 0 atom stereocenters. The number of phenols is 4. The minimum Gasteiger partial charge on any atom is -0.508 e. The number of rotatable bonds is 2. The second-order valence-corrected chi connectivity index (χ2v) is 4.62. The first-order chi connectivity index (χ1) is 8.02. The van der Waals surface area contributed by atoms with Crippen molar-refractivity contribution in [3.8, 4) is 23.0 Å². The van der Waals surface area contributed by atoms with Gasteiger partial charge in [-0.05, 0) is 24.3 Å². The maximum Gasteiger partial charge on any atom is 0.120 e. The zero-order chi connectivity index (χ0) is 12.4. The van der Waals surface area contributed by atoms with Crippen LogP contribution in [0.4, 0.5) is 0 Å². The molecule has 0 bridgehead atoms. The SMILES string of the molecule is Oc1cc(O)cc(Sc2cc(O)cc(O)c2)c1. The van der Waals surface area contributed by atoms with E-state index in [0.29, 0.717) is 9.79 Å². The van der Waals surface area contributed by atoms with Crippen LogP contribution >= 0.6 is 11.8 Å². The minimum atomic E-state index is -0.0446. The summed E-state index contributed by atoms with van der Waals surface area (Å²) in [4.78, 5) is 1.21. The quantitative estimate of drug-likeness (QED) is 0.659. The normalized spacial score (nSPS) is 10.4. The van der Waals surface area contributed by atoms with Gasteiger partial charge in [0.15, 0.2) is 0 Å². The first kappa shape index (κ1) is 11.5. The van der Waals surface area contributed by atoms with Crippen molar-refractivity contribution in [2.75, 3.05) is 0 Å². The zero-order valence-electron chi connectivity index (χ0n) is 8.66. The van der Waals surface area contributed by atoms with Crippen LogP contribution < -0.4 is 0 Å². The van der Waals surface area contributed by atoms with Crippen molar-refractivity contribution in [3.63, 3.8) is 0 Å². The van der Waals surface area contributed by atoms with Crippen LogP contribution in [0.15, 0.2) is 46.2 Å². The fourth-order valence-electron chi connectivity index (χ4n) is 1.39. The summed E-state index contributed by atoms with van der Waals surface area (Å²) in [6, 6.07) is 8.36. The van der Waals surface area contributed by atoms with E-state index >= 15 is 0 Å². The first-order valence-corrected chi connectivity index (χ1v) is 5.58. The Morgan fingerprint density at radius 1 is 0.529 bits per heavy atom. The van der Waals surface area contributed by atoms with Gasteiger partial charge in [-0.2, -0.15) is 0 Å². The molecule has 0 spiro atoms. The molecule has 2 aromatic rings. The highest BCUT2D eigenvalue weighted by Gasteiger charge is 2.04. The van der Waals surface area contributed by atoms with Gasteiger partial charge in [0, 0.05) is 21.9 Å². The molecule has 0 saturated carbocycles. The molecule has 0 aromatic heterocycles. The average molecular weight is 250 g/mol. The largest absolute Gasteiger partial charge is 0.508 e. The van der Waals surface area contributed by atoms with Crippen molar-refractivity contribution in [3.05, 3.63) is 36.4 Å². The third-order valence-corrected chi connectivity index (χ3v) is 2.93. The third-order valence-electron chi connectivity index (χ3n) is 1.99. The number of benzene rings is 2. The van der Waals surface area contributed by atoms with Gasteiger partial charge in [0.25, 0.3) is 0 Å². The summed E-state index contributed by atoms with van der Waals surface area (Å²) in [7, 11) is 0. The molecule has 5 heteroatoms. The van der Waals surface area contributed by atoms with E-state index in [1.807, 2.05) is 0 Å². The van der Waals surface area contributed by atoms with E-state index in [1.54, 1.807) is 0 Å². The number of aromatic hydroxyl groups is 4. The van der Waals surface area contributed by atoms with Gasteiger partial charge in [0.05, 0.1) is 0 Å². The lowest BCUT2D eigenvalue weighted by atomic mass is 10.3. The fraction of sp³-hybridized carbons (Fsp3) is 0. The van der Waals surface area contributed by atoms with Crippen molar-refractivity contribution in [1.29, 1.82) is 0 Å². The molecule has 0 aliphatic carbocycles. The maximum absolute atomic E-state index is 9.31. The van der Waals surface area contributed by atoms with Crippen molar-refractivity contribution in [2.45, 2.75) is 9.79 Å². The summed E-state index contributed by atoms with van der Waals surface area (Å²) < 4.78 is 0. The van der Waals surface area contributed by atoms with E-state index in [4.69, 9.17) is 0 Å². The van der Waals surface area contributed by atoms with E-state index in [2.05, 4.69) is 0 Å². The molecule has 88 valence electrons. The Morgan fingerprint density at radius 2 is 0.824 bits per heavy atom. The first-order valence-electron chi connectivity index (χ1n) is 4.77. The van der Waals surface area contributed by atoms with Crippen molar-refractivity contribution >= 4 is 11.8 Å². The van der Waals surface area contributed by atoms with Gasteiger partial charge >= 0.3 is 0 Å². The molecule has 0 amide bonds. The number of phenolic OH excluding ortho intramolecular Hbond substituents is 4. The molecule has 0 aliphatic heterocycles. The molecule has 0 aliphatic rings. The molecule has 0 unspecified atom stereocenters.